The largest absolute Gasteiger partial charge is 0.339 e. The molecule has 18 heavy (non-hydrogen) atoms. The molecule has 0 spiro atoms. The molecule has 2 unspecified atom stereocenters. The molecule has 0 aromatic carbocycles. The Morgan fingerprint density at radius 1 is 1.28 bits per heavy atom. The molecule has 3 nitrogen and oxygen atoms in total. The number of carbonyl (C=O) groups is 1. The van der Waals surface area contributed by atoms with Gasteiger partial charge in [0.05, 0.1) is 0 Å². The third-order valence-corrected chi connectivity index (χ3v) is 4.61. The highest BCUT2D eigenvalue weighted by molar-refractivity contribution is 5.76. The zero-order chi connectivity index (χ0) is 13.0. The molecule has 1 aliphatic heterocycles. The number of carbonyl (C=O) groups excluding carboxylic acids is 1. The van der Waals surface area contributed by atoms with Gasteiger partial charge in [0.25, 0.3) is 0 Å². The van der Waals surface area contributed by atoms with Crippen LogP contribution in [0.15, 0.2) is 0 Å². The highest BCUT2D eigenvalue weighted by Crippen LogP contribution is 2.35. The van der Waals surface area contributed by atoms with Gasteiger partial charge in [0.2, 0.25) is 5.91 Å². The molecule has 1 amide bonds. The van der Waals surface area contributed by atoms with Gasteiger partial charge in [-0.05, 0) is 51.4 Å². The highest BCUT2D eigenvalue weighted by Gasteiger charge is 2.35. The molecule has 2 rings (SSSR count). The first-order valence-corrected chi connectivity index (χ1v) is 7.73. The molecular weight excluding hydrogens is 224 g/mol. The summed E-state index contributed by atoms with van der Waals surface area (Å²) in [7, 11) is 0. The molecule has 2 fully saturated rings. The van der Waals surface area contributed by atoms with Crippen molar-refractivity contribution in [3.63, 3.8) is 0 Å². The summed E-state index contributed by atoms with van der Waals surface area (Å²) in [6.07, 6.45) is 10.5. The van der Waals surface area contributed by atoms with Crippen LogP contribution >= 0.6 is 0 Å². The molecule has 104 valence electrons. The summed E-state index contributed by atoms with van der Waals surface area (Å²) in [4.78, 5) is 14.5. The summed E-state index contributed by atoms with van der Waals surface area (Å²) in [5, 5.41) is 0. The first kappa shape index (κ1) is 13.9. The predicted octanol–water partition coefficient (Wildman–Crippen LogP) is 2.69. The molecular formula is C15H28N2O. The molecule has 1 aliphatic carbocycles. The van der Waals surface area contributed by atoms with Gasteiger partial charge < -0.3 is 10.6 Å². The van der Waals surface area contributed by atoms with Crippen LogP contribution < -0.4 is 5.73 Å². The number of hydrogen-bond donors (Lipinski definition) is 1. The van der Waals surface area contributed by atoms with Gasteiger partial charge in [-0.15, -0.1) is 0 Å². The van der Waals surface area contributed by atoms with Gasteiger partial charge in [0.1, 0.15) is 0 Å². The van der Waals surface area contributed by atoms with Crippen LogP contribution in [0.1, 0.15) is 64.7 Å². The van der Waals surface area contributed by atoms with Crippen molar-refractivity contribution in [1.29, 1.82) is 0 Å². The van der Waals surface area contributed by atoms with E-state index in [2.05, 4.69) is 4.90 Å². The minimum atomic E-state index is 0.224. The standard InChI is InChI=1S/C15H28N2O/c1-12(16)6-4-10-15(18)17-11-5-9-14(17)13-7-2-3-8-13/h12-14H,2-11,16H2,1H3. The second kappa shape index (κ2) is 6.55. The third-order valence-electron chi connectivity index (χ3n) is 4.61. The molecule has 2 N–H and O–H groups in total. The monoisotopic (exact) mass is 252 g/mol. The lowest BCUT2D eigenvalue weighted by atomic mass is 9.95. The molecule has 1 saturated heterocycles. The number of rotatable bonds is 5. The number of nitrogens with zero attached hydrogens (tertiary/aromatic N) is 1. The van der Waals surface area contributed by atoms with Gasteiger partial charge in [0.15, 0.2) is 0 Å². The van der Waals surface area contributed by atoms with E-state index in [1.807, 2.05) is 6.92 Å². The predicted molar refractivity (Wildman–Crippen MR) is 74.2 cm³/mol. The molecule has 0 aromatic heterocycles. The van der Waals surface area contributed by atoms with Gasteiger partial charge in [-0.3, -0.25) is 4.79 Å². The minimum absolute atomic E-state index is 0.224. The van der Waals surface area contributed by atoms with Gasteiger partial charge in [-0.2, -0.15) is 0 Å². The normalized spacial score (nSPS) is 26.8. The second-order valence-corrected chi connectivity index (χ2v) is 6.21. The Hall–Kier alpha value is -0.570. The molecule has 0 radical (unpaired) electrons. The molecule has 1 saturated carbocycles. The summed E-state index contributed by atoms with van der Waals surface area (Å²) in [6.45, 7) is 3.01. The lowest BCUT2D eigenvalue weighted by Gasteiger charge is -2.29. The fraction of sp³-hybridized carbons (Fsp3) is 0.933. The van der Waals surface area contributed by atoms with Crippen LogP contribution in [-0.4, -0.2) is 29.4 Å². The Kier molecular flexibility index (Phi) is 5.04. The van der Waals surface area contributed by atoms with E-state index in [1.165, 1.54) is 38.5 Å². The smallest absolute Gasteiger partial charge is 0.222 e. The van der Waals surface area contributed by atoms with E-state index in [-0.39, 0.29) is 6.04 Å². The van der Waals surface area contributed by atoms with Crippen molar-refractivity contribution in [1.82, 2.24) is 4.90 Å². The number of hydrogen-bond acceptors (Lipinski definition) is 2. The van der Waals surface area contributed by atoms with E-state index in [4.69, 9.17) is 5.73 Å². The first-order valence-electron chi connectivity index (χ1n) is 7.73. The van der Waals surface area contributed by atoms with E-state index >= 15 is 0 Å². The first-order chi connectivity index (χ1) is 8.68. The van der Waals surface area contributed by atoms with E-state index in [0.717, 1.165) is 25.3 Å². The van der Waals surface area contributed by atoms with Gasteiger partial charge >= 0.3 is 0 Å². The quantitative estimate of drug-likeness (QED) is 0.817. The van der Waals surface area contributed by atoms with E-state index in [1.54, 1.807) is 0 Å². The van der Waals surface area contributed by atoms with E-state index < -0.39 is 0 Å². The molecule has 1 heterocycles. The highest BCUT2D eigenvalue weighted by atomic mass is 16.2. The summed E-state index contributed by atoms with van der Waals surface area (Å²) in [5.74, 6) is 1.18. The summed E-state index contributed by atoms with van der Waals surface area (Å²) >= 11 is 0. The fourth-order valence-electron chi connectivity index (χ4n) is 3.65. The average molecular weight is 252 g/mol. The molecule has 0 aromatic rings. The van der Waals surface area contributed by atoms with Crippen LogP contribution in [0, 0.1) is 5.92 Å². The fourth-order valence-corrected chi connectivity index (χ4v) is 3.65. The lowest BCUT2D eigenvalue weighted by molar-refractivity contribution is -0.133. The van der Waals surface area contributed by atoms with Gasteiger partial charge in [0, 0.05) is 25.0 Å². The maximum absolute atomic E-state index is 12.3. The zero-order valence-electron chi connectivity index (χ0n) is 11.7. The topological polar surface area (TPSA) is 46.3 Å². The number of amides is 1. The Morgan fingerprint density at radius 3 is 2.67 bits per heavy atom. The van der Waals surface area contributed by atoms with Gasteiger partial charge in [-0.1, -0.05) is 12.8 Å². The van der Waals surface area contributed by atoms with Crippen molar-refractivity contribution in [2.45, 2.75) is 76.8 Å². The Morgan fingerprint density at radius 2 is 2.00 bits per heavy atom. The van der Waals surface area contributed by atoms with Crippen LogP contribution in [0.5, 0.6) is 0 Å². The lowest BCUT2D eigenvalue weighted by Crippen LogP contribution is -2.39. The maximum Gasteiger partial charge on any atom is 0.222 e. The van der Waals surface area contributed by atoms with Crippen molar-refractivity contribution >= 4 is 5.91 Å². The van der Waals surface area contributed by atoms with Crippen LogP contribution in [0.25, 0.3) is 0 Å². The Labute approximate surface area is 111 Å². The molecule has 3 heteroatoms. The third kappa shape index (κ3) is 3.47. The molecule has 2 atom stereocenters. The van der Waals surface area contributed by atoms with Crippen molar-refractivity contribution in [2.24, 2.45) is 11.7 Å². The Balaban J connectivity index is 1.80. The van der Waals surface area contributed by atoms with Crippen LogP contribution in [0.3, 0.4) is 0 Å². The Bertz CT molecular complexity index is 272. The SMILES string of the molecule is CC(N)CCCC(=O)N1CCCC1C1CCCC1. The van der Waals surface area contributed by atoms with Gasteiger partial charge in [-0.25, -0.2) is 0 Å². The minimum Gasteiger partial charge on any atom is -0.339 e. The van der Waals surface area contributed by atoms with Crippen molar-refractivity contribution in [3.05, 3.63) is 0 Å². The van der Waals surface area contributed by atoms with Crippen molar-refractivity contribution in [2.75, 3.05) is 6.54 Å². The number of nitrogens with two attached hydrogens (primary N) is 1. The van der Waals surface area contributed by atoms with E-state index in [9.17, 15) is 4.79 Å². The van der Waals surface area contributed by atoms with Crippen molar-refractivity contribution < 1.29 is 4.79 Å². The summed E-state index contributed by atoms with van der Waals surface area (Å²) < 4.78 is 0. The molecule has 0 bridgehead atoms. The molecule has 2 aliphatic rings. The van der Waals surface area contributed by atoms with Crippen molar-refractivity contribution in [3.8, 4) is 0 Å². The van der Waals surface area contributed by atoms with E-state index in [0.29, 0.717) is 18.4 Å². The number of likely N-dealkylation sites (tertiary alicyclic amines) is 1. The maximum atomic E-state index is 12.3. The summed E-state index contributed by atoms with van der Waals surface area (Å²) in [5.41, 5.74) is 5.73. The summed E-state index contributed by atoms with van der Waals surface area (Å²) in [6, 6.07) is 0.789. The second-order valence-electron chi connectivity index (χ2n) is 6.21. The average Bonchev–Trinajstić information content (AvgIpc) is 2.99. The zero-order valence-corrected chi connectivity index (χ0v) is 11.7. The van der Waals surface area contributed by atoms with Crippen LogP contribution in [0.2, 0.25) is 0 Å². The van der Waals surface area contributed by atoms with Crippen LogP contribution in [-0.2, 0) is 4.79 Å². The van der Waals surface area contributed by atoms with Crippen LogP contribution in [0.4, 0.5) is 0 Å².